The Hall–Kier alpha value is -1.93. The summed E-state index contributed by atoms with van der Waals surface area (Å²) in [5, 5.41) is 2.97. The van der Waals surface area contributed by atoms with Crippen molar-refractivity contribution in [2.24, 2.45) is 0 Å². The van der Waals surface area contributed by atoms with Crippen LogP contribution >= 0.6 is 0 Å². The van der Waals surface area contributed by atoms with E-state index in [2.05, 4.69) is 5.32 Å². The zero-order valence-corrected chi connectivity index (χ0v) is 15.8. The minimum absolute atomic E-state index is 0.0242. The van der Waals surface area contributed by atoms with Crippen LogP contribution in [0.2, 0.25) is 0 Å². The molecule has 0 bridgehead atoms. The molecule has 0 aromatic heterocycles. The van der Waals surface area contributed by atoms with Crippen molar-refractivity contribution in [3.8, 4) is 0 Å². The van der Waals surface area contributed by atoms with E-state index in [4.69, 9.17) is 0 Å². The van der Waals surface area contributed by atoms with E-state index in [9.17, 15) is 18.0 Å². The van der Waals surface area contributed by atoms with E-state index in [-0.39, 0.29) is 17.9 Å². The first-order valence-electron chi connectivity index (χ1n) is 9.01. The predicted molar refractivity (Wildman–Crippen MR) is 99.6 cm³/mol. The van der Waals surface area contributed by atoms with Gasteiger partial charge in [0.25, 0.3) is 5.91 Å². The zero-order chi connectivity index (χ0) is 18.7. The molecule has 0 atom stereocenters. The van der Waals surface area contributed by atoms with Crippen LogP contribution in [-0.4, -0.2) is 56.5 Å². The minimum atomic E-state index is -3.16. The molecule has 1 aromatic carbocycles. The van der Waals surface area contributed by atoms with E-state index >= 15 is 0 Å². The topological polar surface area (TPSA) is 86.8 Å². The fourth-order valence-corrected chi connectivity index (χ4v) is 4.35. The van der Waals surface area contributed by atoms with Gasteiger partial charge in [0.1, 0.15) is 0 Å². The van der Waals surface area contributed by atoms with E-state index in [0.717, 1.165) is 25.1 Å². The van der Waals surface area contributed by atoms with Gasteiger partial charge in [0.05, 0.1) is 6.26 Å². The molecule has 1 N–H and O–H groups in total. The number of hydrogen-bond donors (Lipinski definition) is 1. The SMILES string of the molecule is CS(=O)(=O)N1CCC(NC(=O)c2ccc(N3CCCCC3=O)cc2)CC1. The number of anilines is 1. The van der Waals surface area contributed by atoms with Gasteiger partial charge >= 0.3 is 0 Å². The molecule has 2 saturated heterocycles. The molecule has 2 fully saturated rings. The number of benzene rings is 1. The molecule has 7 nitrogen and oxygen atoms in total. The Morgan fingerprint density at radius 1 is 1.08 bits per heavy atom. The van der Waals surface area contributed by atoms with Crippen LogP contribution < -0.4 is 10.2 Å². The summed E-state index contributed by atoms with van der Waals surface area (Å²) in [6.07, 6.45) is 4.95. The molecule has 142 valence electrons. The van der Waals surface area contributed by atoms with Crippen molar-refractivity contribution in [1.29, 1.82) is 0 Å². The van der Waals surface area contributed by atoms with Gasteiger partial charge < -0.3 is 10.2 Å². The van der Waals surface area contributed by atoms with Crippen LogP contribution in [0.1, 0.15) is 42.5 Å². The van der Waals surface area contributed by atoms with Crippen molar-refractivity contribution in [2.45, 2.75) is 38.1 Å². The first-order valence-corrected chi connectivity index (χ1v) is 10.9. The number of nitrogens with zero attached hydrogens (tertiary/aromatic N) is 2. The molecule has 0 saturated carbocycles. The molecule has 0 unspecified atom stereocenters. The molecule has 2 amide bonds. The Balaban J connectivity index is 1.56. The van der Waals surface area contributed by atoms with E-state index < -0.39 is 10.0 Å². The van der Waals surface area contributed by atoms with Crippen LogP contribution in [0.25, 0.3) is 0 Å². The van der Waals surface area contributed by atoms with Crippen LogP contribution in [0.15, 0.2) is 24.3 Å². The summed E-state index contributed by atoms with van der Waals surface area (Å²) in [6.45, 7) is 1.59. The standard InChI is InChI=1S/C18H25N3O4S/c1-26(24,25)20-12-9-15(10-13-20)19-18(23)14-5-7-16(8-6-14)21-11-3-2-4-17(21)22/h5-8,15H,2-4,9-13H2,1H3,(H,19,23). The third kappa shape index (κ3) is 4.42. The lowest BCUT2D eigenvalue weighted by atomic mass is 10.1. The van der Waals surface area contributed by atoms with Crippen LogP contribution in [-0.2, 0) is 14.8 Å². The second kappa shape index (κ2) is 7.75. The summed E-state index contributed by atoms with van der Waals surface area (Å²) in [7, 11) is -3.16. The Kier molecular flexibility index (Phi) is 5.62. The van der Waals surface area contributed by atoms with Gasteiger partial charge in [0.15, 0.2) is 0 Å². The summed E-state index contributed by atoms with van der Waals surface area (Å²) in [5.74, 6) is -0.0367. The maximum atomic E-state index is 12.4. The van der Waals surface area contributed by atoms with Crippen molar-refractivity contribution in [2.75, 3.05) is 30.8 Å². The van der Waals surface area contributed by atoms with Gasteiger partial charge in [-0.1, -0.05) is 0 Å². The molecule has 26 heavy (non-hydrogen) atoms. The quantitative estimate of drug-likeness (QED) is 0.856. The van der Waals surface area contributed by atoms with Crippen LogP contribution in [0, 0.1) is 0 Å². The number of carbonyl (C=O) groups excluding carboxylic acids is 2. The molecule has 3 rings (SSSR count). The Labute approximate surface area is 154 Å². The molecule has 1 aromatic rings. The smallest absolute Gasteiger partial charge is 0.251 e. The summed E-state index contributed by atoms with van der Waals surface area (Å²) in [6, 6.07) is 7.06. The second-order valence-corrected chi connectivity index (χ2v) is 8.94. The van der Waals surface area contributed by atoms with Gasteiger partial charge in [-0.15, -0.1) is 0 Å². The normalized spacial score (nSPS) is 20.2. The molecule has 2 heterocycles. The van der Waals surface area contributed by atoms with E-state index in [1.807, 2.05) is 12.1 Å². The predicted octanol–water partition coefficient (Wildman–Crippen LogP) is 1.36. The maximum absolute atomic E-state index is 12.4. The second-order valence-electron chi connectivity index (χ2n) is 6.96. The Bertz CT molecular complexity index is 768. The number of sulfonamides is 1. The van der Waals surface area contributed by atoms with Gasteiger partial charge in [0, 0.05) is 43.3 Å². The van der Waals surface area contributed by atoms with Gasteiger partial charge in [-0.25, -0.2) is 12.7 Å². The lowest BCUT2D eigenvalue weighted by Gasteiger charge is -2.30. The third-order valence-electron chi connectivity index (χ3n) is 5.02. The van der Waals surface area contributed by atoms with Crippen molar-refractivity contribution >= 4 is 27.5 Å². The van der Waals surface area contributed by atoms with E-state index in [1.54, 1.807) is 17.0 Å². The largest absolute Gasteiger partial charge is 0.349 e. The fraction of sp³-hybridized carbons (Fsp3) is 0.556. The highest BCUT2D eigenvalue weighted by Gasteiger charge is 2.26. The molecule has 2 aliphatic rings. The summed E-state index contributed by atoms with van der Waals surface area (Å²) in [4.78, 5) is 26.2. The number of rotatable bonds is 4. The van der Waals surface area contributed by atoms with Gasteiger partial charge in [-0.05, 0) is 49.9 Å². The number of hydrogen-bond acceptors (Lipinski definition) is 4. The number of piperidine rings is 2. The molecule has 0 aliphatic carbocycles. The molecular weight excluding hydrogens is 354 g/mol. The third-order valence-corrected chi connectivity index (χ3v) is 6.33. The Morgan fingerprint density at radius 2 is 1.73 bits per heavy atom. The summed E-state index contributed by atoms with van der Waals surface area (Å²) >= 11 is 0. The van der Waals surface area contributed by atoms with Gasteiger partial charge in [-0.3, -0.25) is 9.59 Å². The van der Waals surface area contributed by atoms with E-state index in [0.29, 0.717) is 37.9 Å². The maximum Gasteiger partial charge on any atom is 0.251 e. The van der Waals surface area contributed by atoms with E-state index in [1.165, 1.54) is 10.6 Å². The van der Waals surface area contributed by atoms with Gasteiger partial charge in [-0.2, -0.15) is 0 Å². The zero-order valence-electron chi connectivity index (χ0n) is 15.0. The lowest BCUT2D eigenvalue weighted by Crippen LogP contribution is -2.46. The Morgan fingerprint density at radius 3 is 2.31 bits per heavy atom. The van der Waals surface area contributed by atoms with Crippen molar-refractivity contribution in [3.63, 3.8) is 0 Å². The summed E-state index contributed by atoms with van der Waals surface area (Å²) in [5.41, 5.74) is 1.37. The van der Waals surface area contributed by atoms with Crippen LogP contribution in [0.5, 0.6) is 0 Å². The van der Waals surface area contributed by atoms with Crippen molar-refractivity contribution in [3.05, 3.63) is 29.8 Å². The monoisotopic (exact) mass is 379 g/mol. The number of amides is 2. The first kappa shape index (κ1) is 18.8. The van der Waals surface area contributed by atoms with Crippen molar-refractivity contribution < 1.29 is 18.0 Å². The van der Waals surface area contributed by atoms with Gasteiger partial charge in [0.2, 0.25) is 15.9 Å². The molecule has 2 aliphatic heterocycles. The lowest BCUT2D eigenvalue weighted by molar-refractivity contribution is -0.119. The van der Waals surface area contributed by atoms with Crippen molar-refractivity contribution in [1.82, 2.24) is 9.62 Å². The molecule has 0 spiro atoms. The number of nitrogens with one attached hydrogen (secondary N) is 1. The minimum Gasteiger partial charge on any atom is -0.349 e. The molecule has 8 heteroatoms. The first-order chi connectivity index (χ1) is 12.3. The highest BCUT2D eigenvalue weighted by Crippen LogP contribution is 2.21. The summed E-state index contributed by atoms with van der Waals surface area (Å²) < 4.78 is 24.5. The number of carbonyl (C=O) groups is 2. The average Bonchev–Trinajstić information content (AvgIpc) is 2.62. The highest BCUT2D eigenvalue weighted by atomic mass is 32.2. The van der Waals surface area contributed by atoms with Crippen LogP contribution in [0.3, 0.4) is 0 Å². The fourth-order valence-electron chi connectivity index (χ4n) is 3.47. The molecule has 0 radical (unpaired) electrons. The average molecular weight is 379 g/mol. The highest BCUT2D eigenvalue weighted by molar-refractivity contribution is 7.88. The molecular formula is C18H25N3O4S. The van der Waals surface area contributed by atoms with Crippen LogP contribution in [0.4, 0.5) is 5.69 Å².